The zero-order valence-electron chi connectivity index (χ0n) is 10.4. The van der Waals surface area contributed by atoms with Crippen LogP contribution in [0.2, 0.25) is 0 Å². The molecular weight excluding hydrogens is 206 g/mol. The zero-order valence-corrected chi connectivity index (χ0v) is 10.4. The van der Waals surface area contributed by atoms with Gasteiger partial charge in [-0.15, -0.1) is 0 Å². The molecule has 1 fully saturated rings. The highest BCUT2D eigenvalue weighted by Gasteiger charge is 2.31. The van der Waals surface area contributed by atoms with Gasteiger partial charge in [-0.1, -0.05) is 6.92 Å². The van der Waals surface area contributed by atoms with E-state index in [0.29, 0.717) is 25.0 Å². The van der Waals surface area contributed by atoms with Crippen LogP contribution in [0.3, 0.4) is 0 Å². The number of aliphatic hydroxyl groups excluding tert-OH is 1. The van der Waals surface area contributed by atoms with Crippen LogP contribution in [0, 0.1) is 5.92 Å². The summed E-state index contributed by atoms with van der Waals surface area (Å²) < 4.78 is 0. The van der Waals surface area contributed by atoms with Crippen LogP contribution in [0.25, 0.3) is 0 Å². The molecule has 2 atom stereocenters. The van der Waals surface area contributed by atoms with Gasteiger partial charge in [0.05, 0.1) is 13.2 Å². The number of amides is 1. The normalized spacial score (nSPS) is 26.3. The van der Waals surface area contributed by atoms with Gasteiger partial charge in [-0.3, -0.25) is 9.69 Å². The SMILES string of the molecule is CC1CN(CC(=O)NCCO)CC1N(C)C. The van der Waals surface area contributed by atoms with Gasteiger partial charge in [0.15, 0.2) is 0 Å². The van der Waals surface area contributed by atoms with Gasteiger partial charge in [-0.25, -0.2) is 0 Å². The lowest BCUT2D eigenvalue weighted by atomic mass is 10.1. The third-order valence-electron chi connectivity index (χ3n) is 3.11. The van der Waals surface area contributed by atoms with Crippen molar-refractivity contribution in [3.05, 3.63) is 0 Å². The summed E-state index contributed by atoms with van der Waals surface area (Å²) in [6.45, 7) is 4.92. The first-order chi connectivity index (χ1) is 7.54. The summed E-state index contributed by atoms with van der Waals surface area (Å²) in [6.07, 6.45) is 0. The van der Waals surface area contributed by atoms with E-state index in [2.05, 4.69) is 36.1 Å². The molecule has 2 unspecified atom stereocenters. The molecule has 5 heteroatoms. The molecule has 0 aromatic heterocycles. The Morgan fingerprint density at radius 2 is 2.19 bits per heavy atom. The third kappa shape index (κ3) is 3.73. The molecule has 0 aromatic rings. The van der Waals surface area contributed by atoms with E-state index in [-0.39, 0.29) is 12.5 Å². The molecule has 2 N–H and O–H groups in total. The predicted molar refractivity (Wildman–Crippen MR) is 63.2 cm³/mol. The minimum atomic E-state index is 0.000608. The van der Waals surface area contributed by atoms with Crippen LogP contribution in [0.4, 0.5) is 0 Å². The molecule has 5 nitrogen and oxygen atoms in total. The molecule has 0 aromatic carbocycles. The van der Waals surface area contributed by atoms with Gasteiger partial charge in [0.25, 0.3) is 0 Å². The second kappa shape index (κ2) is 6.18. The summed E-state index contributed by atoms with van der Waals surface area (Å²) >= 11 is 0. The summed E-state index contributed by atoms with van der Waals surface area (Å²) in [7, 11) is 4.16. The van der Waals surface area contributed by atoms with E-state index in [1.165, 1.54) is 0 Å². The molecular formula is C11H23N3O2. The molecule has 0 saturated carbocycles. The summed E-state index contributed by atoms with van der Waals surface area (Å²) in [5.74, 6) is 0.598. The number of rotatable bonds is 5. The van der Waals surface area contributed by atoms with Gasteiger partial charge >= 0.3 is 0 Å². The van der Waals surface area contributed by atoms with Crippen LogP contribution in [-0.4, -0.2) is 73.7 Å². The number of carbonyl (C=O) groups excluding carboxylic acids is 1. The van der Waals surface area contributed by atoms with Crippen molar-refractivity contribution in [2.45, 2.75) is 13.0 Å². The minimum absolute atomic E-state index is 0.000608. The quantitative estimate of drug-likeness (QED) is 0.633. The summed E-state index contributed by atoms with van der Waals surface area (Å²) in [6, 6.07) is 0.533. The van der Waals surface area contributed by atoms with Crippen LogP contribution < -0.4 is 5.32 Å². The largest absolute Gasteiger partial charge is 0.395 e. The Morgan fingerprint density at radius 1 is 1.50 bits per heavy atom. The topological polar surface area (TPSA) is 55.8 Å². The fourth-order valence-electron chi connectivity index (χ4n) is 2.30. The van der Waals surface area contributed by atoms with Crippen molar-refractivity contribution < 1.29 is 9.90 Å². The first-order valence-corrected chi connectivity index (χ1v) is 5.81. The lowest BCUT2D eigenvalue weighted by Gasteiger charge is -2.22. The molecule has 0 bridgehead atoms. The van der Waals surface area contributed by atoms with Gasteiger partial charge in [0, 0.05) is 25.7 Å². The van der Waals surface area contributed by atoms with Gasteiger partial charge in [0.1, 0.15) is 0 Å². The first-order valence-electron chi connectivity index (χ1n) is 5.81. The lowest BCUT2D eigenvalue weighted by Crippen LogP contribution is -2.39. The van der Waals surface area contributed by atoms with Crippen molar-refractivity contribution in [1.82, 2.24) is 15.1 Å². The molecule has 1 aliphatic heterocycles. The highest BCUT2D eigenvalue weighted by Crippen LogP contribution is 2.19. The van der Waals surface area contributed by atoms with Crippen LogP contribution in [0.15, 0.2) is 0 Å². The number of aliphatic hydroxyl groups is 1. The molecule has 0 spiro atoms. The Hall–Kier alpha value is -0.650. The molecule has 1 heterocycles. The van der Waals surface area contributed by atoms with Crippen molar-refractivity contribution in [1.29, 1.82) is 0 Å². The Bertz CT molecular complexity index is 233. The summed E-state index contributed by atoms with van der Waals surface area (Å²) in [4.78, 5) is 15.9. The van der Waals surface area contributed by atoms with Gasteiger partial charge in [-0.2, -0.15) is 0 Å². The Kier molecular flexibility index (Phi) is 5.18. The highest BCUT2D eigenvalue weighted by molar-refractivity contribution is 5.78. The molecule has 1 amide bonds. The lowest BCUT2D eigenvalue weighted by molar-refractivity contribution is -0.122. The Balaban J connectivity index is 2.32. The number of hydrogen-bond acceptors (Lipinski definition) is 4. The summed E-state index contributed by atoms with van der Waals surface area (Å²) in [5, 5.41) is 11.3. The molecule has 0 radical (unpaired) electrons. The molecule has 1 aliphatic rings. The molecule has 16 heavy (non-hydrogen) atoms. The average Bonchev–Trinajstić information content (AvgIpc) is 2.56. The molecule has 1 saturated heterocycles. The number of hydrogen-bond donors (Lipinski definition) is 2. The van der Waals surface area contributed by atoms with Gasteiger partial charge in [-0.05, 0) is 20.0 Å². The van der Waals surface area contributed by atoms with Gasteiger partial charge < -0.3 is 15.3 Å². The van der Waals surface area contributed by atoms with E-state index in [1.54, 1.807) is 0 Å². The zero-order chi connectivity index (χ0) is 12.1. The molecule has 94 valence electrons. The van der Waals surface area contributed by atoms with Crippen LogP contribution >= 0.6 is 0 Å². The maximum absolute atomic E-state index is 11.5. The van der Waals surface area contributed by atoms with Crippen molar-refractivity contribution in [3.63, 3.8) is 0 Å². The van der Waals surface area contributed by atoms with E-state index >= 15 is 0 Å². The van der Waals surface area contributed by atoms with E-state index in [9.17, 15) is 4.79 Å². The van der Waals surface area contributed by atoms with E-state index in [4.69, 9.17) is 5.11 Å². The molecule has 1 rings (SSSR count). The third-order valence-corrected chi connectivity index (χ3v) is 3.11. The standard InChI is InChI=1S/C11H23N3O2/c1-9-6-14(7-10(9)13(2)3)8-11(16)12-4-5-15/h9-10,15H,4-8H2,1-3H3,(H,12,16). The smallest absolute Gasteiger partial charge is 0.234 e. The maximum Gasteiger partial charge on any atom is 0.234 e. The maximum atomic E-state index is 11.5. The fraction of sp³-hybridized carbons (Fsp3) is 0.909. The predicted octanol–water partition coefficient (Wildman–Crippen LogP) is -1.02. The number of nitrogens with zero attached hydrogens (tertiary/aromatic N) is 2. The second-order valence-electron chi connectivity index (χ2n) is 4.78. The Morgan fingerprint density at radius 3 is 2.69 bits per heavy atom. The van der Waals surface area contributed by atoms with Crippen molar-refractivity contribution in [2.24, 2.45) is 5.92 Å². The average molecular weight is 229 g/mol. The highest BCUT2D eigenvalue weighted by atomic mass is 16.3. The van der Waals surface area contributed by atoms with Crippen LogP contribution in [-0.2, 0) is 4.79 Å². The first kappa shape index (κ1) is 13.4. The van der Waals surface area contributed by atoms with E-state index in [0.717, 1.165) is 13.1 Å². The second-order valence-corrected chi connectivity index (χ2v) is 4.78. The number of nitrogens with one attached hydrogen (secondary N) is 1. The monoisotopic (exact) mass is 229 g/mol. The fourth-order valence-corrected chi connectivity index (χ4v) is 2.30. The van der Waals surface area contributed by atoms with Crippen molar-refractivity contribution >= 4 is 5.91 Å². The minimum Gasteiger partial charge on any atom is -0.395 e. The number of likely N-dealkylation sites (tertiary alicyclic amines) is 1. The Labute approximate surface area is 97.4 Å². The van der Waals surface area contributed by atoms with Crippen molar-refractivity contribution in [3.8, 4) is 0 Å². The van der Waals surface area contributed by atoms with Crippen molar-refractivity contribution in [2.75, 3.05) is 46.9 Å². The van der Waals surface area contributed by atoms with Crippen LogP contribution in [0.5, 0.6) is 0 Å². The summed E-state index contributed by atoms with van der Waals surface area (Å²) in [5.41, 5.74) is 0. The van der Waals surface area contributed by atoms with Gasteiger partial charge in [0.2, 0.25) is 5.91 Å². The van der Waals surface area contributed by atoms with E-state index in [1.807, 2.05) is 0 Å². The van der Waals surface area contributed by atoms with Crippen LogP contribution in [0.1, 0.15) is 6.92 Å². The number of carbonyl (C=O) groups is 1. The molecule has 0 aliphatic carbocycles. The van der Waals surface area contributed by atoms with E-state index < -0.39 is 0 Å². The number of likely N-dealkylation sites (N-methyl/N-ethyl adjacent to an activating group) is 1.